The number of amides is 1. The first-order valence-corrected chi connectivity index (χ1v) is 8.11. The molecule has 7 nitrogen and oxygen atoms in total. The summed E-state index contributed by atoms with van der Waals surface area (Å²) in [4.78, 5) is 35.0. The highest BCUT2D eigenvalue weighted by Crippen LogP contribution is 2.20. The lowest BCUT2D eigenvalue weighted by Crippen LogP contribution is -2.30. The van der Waals surface area contributed by atoms with Crippen molar-refractivity contribution in [2.75, 3.05) is 13.2 Å². The predicted octanol–water partition coefficient (Wildman–Crippen LogP) is 3.11. The third-order valence-electron chi connectivity index (χ3n) is 3.19. The van der Waals surface area contributed by atoms with Crippen molar-refractivity contribution in [3.8, 4) is 11.5 Å². The molecule has 1 amide bonds. The first-order valence-electron chi connectivity index (χ1n) is 8.11. The molecule has 0 saturated carbocycles. The molecule has 0 spiro atoms. The minimum Gasteiger partial charge on any atom is -0.460 e. The highest BCUT2D eigenvalue weighted by Gasteiger charge is 2.10. The molecular formula is C20H19NO6. The largest absolute Gasteiger partial charge is 0.460 e. The fourth-order valence-corrected chi connectivity index (χ4v) is 1.90. The van der Waals surface area contributed by atoms with E-state index < -0.39 is 18.0 Å². The Hall–Kier alpha value is -3.61. The molecule has 0 saturated heterocycles. The van der Waals surface area contributed by atoms with Gasteiger partial charge >= 0.3 is 18.0 Å². The number of esters is 2. The highest BCUT2D eigenvalue weighted by atomic mass is 16.6. The van der Waals surface area contributed by atoms with Gasteiger partial charge in [-0.15, -0.1) is 0 Å². The number of benzene rings is 2. The molecule has 0 aromatic heterocycles. The standard InChI is InChI=1S/C20H19NO6/c1-14(2)18(22)25-12-11-21-20(24)27-17-10-6-9-16(13-17)26-19(23)15-7-4-3-5-8-15/h3-10,13H,1,11-12H2,2H3,(H,21,24). The third-order valence-corrected chi connectivity index (χ3v) is 3.19. The van der Waals surface area contributed by atoms with E-state index in [1.165, 1.54) is 13.0 Å². The van der Waals surface area contributed by atoms with Crippen LogP contribution < -0.4 is 14.8 Å². The summed E-state index contributed by atoms with van der Waals surface area (Å²) in [6.45, 7) is 5.06. The van der Waals surface area contributed by atoms with E-state index in [0.717, 1.165) is 0 Å². The molecule has 0 unspecified atom stereocenters. The molecule has 1 N–H and O–H groups in total. The number of hydrogen-bond donors (Lipinski definition) is 1. The van der Waals surface area contributed by atoms with E-state index in [1.807, 2.05) is 0 Å². The van der Waals surface area contributed by atoms with Crippen LogP contribution in [0.25, 0.3) is 0 Å². The van der Waals surface area contributed by atoms with Gasteiger partial charge in [-0.1, -0.05) is 30.8 Å². The molecule has 0 fully saturated rings. The van der Waals surface area contributed by atoms with Crippen LogP contribution in [0.15, 0.2) is 66.7 Å². The number of rotatable bonds is 7. The Bertz CT molecular complexity index is 831. The maximum atomic E-state index is 12.0. The van der Waals surface area contributed by atoms with Gasteiger partial charge in [-0.2, -0.15) is 0 Å². The average Bonchev–Trinajstić information content (AvgIpc) is 2.66. The van der Waals surface area contributed by atoms with Crippen molar-refractivity contribution in [2.24, 2.45) is 0 Å². The fraction of sp³-hybridized carbons (Fsp3) is 0.150. The minimum atomic E-state index is -0.729. The molecule has 0 aliphatic heterocycles. The van der Waals surface area contributed by atoms with Crippen LogP contribution in [-0.2, 0) is 9.53 Å². The zero-order valence-corrected chi connectivity index (χ0v) is 14.8. The molecule has 0 radical (unpaired) electrons. The van der Waals surface area contributed by atoms with Crippen LogP contribution in [0.3, 0.4) is 0 Å². The van der Waals surface area contributed by atoms with Crippen molar-refractivity contribution in [1.29, 1.82) is 0 Å². The summed E-state index contributed by atoms with van der Waals surface area (Å²) in [6, 6.07) is 14.6. The lowest BCUT2D eigenvalue weighted by molar-refractivity contribution is -0.138. The summed E-state index contributed by atoms with van der Waals surface area (Å²) >= 11 is 0. The Morgan fingerprint density at radius 2 is 1.63 bits per heavy atom. The van der Waals surface area contributed by atoms with Crippen molar-refractivity contribution in [1.82, 2.24) is 5.32 Å². The van der Waals surface area contributed by atoms with E-state index >= 15 is 0 Å². The maximum absolute atomic E-state index is 12.0. The molecule has 2 rings (SSSR count). The molecule has 0 heterocycles. The molecule has 140 valence electrons. The number of nitrogens with one attached hydrogen (secondary N) is 1. The second kappa shape index (κ2) is 9.76. The Kier molecular flexibility index (Phi) is 7.13. The lowest BCUT2D eigenvalue weighted by atomic mass is 10.2. The van der Waals surface area contributed by atoms with E-state index in [2.05, 4.69) is 11.9 Å². The molecule has 0 aliphatic carbocycles. The lowest BCUT2D eigenvalue weighted by Gasteiger charge is -2.09. The van der Waals surface area contributed by atoms with Crippen LogP contribution in [0, 0.1) is 0 Å². The Morgan fingerprint density at radius 3 is 2.30 bits per heavy atom. The first-order chi connectivity index (χ1) is 13.0. The Labute approximate surface area is 156 Å². The Balaban J connectivity index is 1.82. The summed E-state index contributed by atoms with van der Waals surface area (Å²) in [5.74, 6) is -0.607. The van der Waals surface area contributed by atoms with Gasteiger partial charge in [0.25, 0.3) is 0 Å². The van der Waals surface area contributed by atoms with Gasteiger partial charge in [0.15, 0.2) is 0 Å². The number of carbonyl (C=O) groups excluding carboxylic acids is 3. The highest BCUT2D eigenvalue weighted by molar-refractivity contribution is 5.91. The van der Waals surface area contributed by atoms with E-state index in [1.54, 1.807) is 48.5 Å². The summed E-state index contributed by atoms with van der Waals surface area (Å²) < 4.78 is 15.2. The van der Waals surface area contributed by atoms with Gasteiger partial charge in [0.2, 0.25) is 0 Å². The van der Waals surface area contributed by atoms with Gasteiger partial charge < -0.3 is 19.5 Å². The van der Waals surface area contributed by atoms with Gasteiger partial charge in [0.1, 0.15) is 18.1 Å². The van der Waals surface area contributed by atoms with Crippen LogP contribution in [0.2, 0.25) is 0 Å². The predicted molar refractivity (Wildman–Crippen MR) is 97.6 cm³/mol. The Morgan fingerprint density at radius 1 is 0.963 bits per heavy atom. The van der Waals surface area contributed by atoms with Gasteiger partial charge in [-0.05, 0) is 31.2 Å². The summed E-state index contributed by atoms with van der Waals surface area (Å²) in [7, 11) is 0. The van der Waals surface area contributed by atoms with Crippen LogP contribution in [0.5, 0.6) is 11.5 Å². The monoisotopic (exact) mass is 369 g/mol. The van der Waals surface area contributed by atoms with Gasteiger partial charge in [0, 0.05) is 11.6 Å². The molecule has 7 heteroatoms. The van der Waals surface area contributed by atoms with Gasteiger partial charge in [-0.3, -0.25) is 0 Å². The summed E-state index contributed by atoms with van der Waals surface area (Å²) in [5.41, 5.74) is 0.685. The molecule has 0 aliphatic rings. The van der Waals surface area contributed by atoms with Crippen molar-refractivity contribution in [3.05, 3.63) is 72.3 Å². The van der Waals surface area contributed by atoms with Crippen LogP contribution in [-0.4, -0.2) is 31.2 Å². The van der Waals surface area contributed by atoms with Crippen molar-refractivity contribution in [3.63, 3.8) is 0 Å². The van der Waals surface area contributed by atoms with Gasteiger partial charge in [-0.25, -0.2) is 14.4 Å². The number of ether oxygens (including phenoxy) is 3. The fourth-order valence-electron chi connectivity index (χ4n) is 1.90. The van der Waals surface area contributed by atoms with Crippen molar-refractivity contribution < 1.29 is 28.6 Å². The number of carbonyl (C=O) groups is 3. The SMILES string of the molecule is C=C(C)C(=O)OCCNC(=O)Oc1cccc(OC(=O)c2ccccc2)c1. The van der Waals surface area contributed by atoms with Gasteiger partial charge in [0.05, 0.1) is 12.1 Å². The van der Waals surface area contributed by atoms with Crippen LogP contribution in [0.4, 0.5) is 4.79 Å². The second-order valence-electron chi connectivity index (χ2n) is 5.46. The molecule has 27 heavy (non-hydrogen) atoms. The third kappa shape index (κ3) is 6.66. The second-order valence-corrected chi connectivity index (χ2v) is 5.46. The molecule has 0 bridgehead atoms. The smallest absolute Gasteiger partial charge is 0.412 e. The van der Waals surface area contributed by atoms with E-state index in [9.17, 15) is 14.4 Å². The van der Waals surface area contributed by atoms with Crippen LogP contribution in [0.1, 0.15) is 17.3 Å². The summed E-state index contributed by atoms with van der Waals surface area (Å²) in [5, 5.41) is 2.44. The zero-order valence-electron chi connectivity index (χ0n) is 14.8. The quantitative estimate of drug-likeness (QED) is 0.349. The van der Waals surface area contributed by atoms with E-state index in [-0.39, 0.29) is 30.2 Å². The average molecular weight is 369 g/mol. The molecule has 2 aromatic rings. The van der Waals surface area contributed by atoms with Crippen molar-refractivity contribution >= 4 is 18.0 Å². The van der Waals surface area contributed by atoms with E-state index in [0.29, 0.717) is 5.56 Å². The topological polar surface area (TPSA) is 90.9 Å². The molecular weight excluding hydrogens is 350 g/mol. The minimum absolute atomic E-state index is 0.00444. The zero-order chi connectivity index (χ0) is 19.6. The molecule has 0 atom stereocenters. The molecule has 2 aromatic carbocycles. The normalized spacial score (nSPS) is 9.81. The first kappa shape index (κ1) is 19.7. The van der Waals surface area contributed by atoms with Crippen molar-refractivity contribution in [2.45, 2.75) is 6.92 Å². The maximum Gasteiger partial charge on any atom is 0.412 e. The van der Waals surface area contributed by atoms with Crippen LogP contribution >= 0.6 is 0 Å². The number of hydrogen-bond acceptors (Lipinski definition) is 6. The summed E-state index contributed by atoms with van der Waals surface area (Å²) in [6.07, 6.45) is -0.729. The van der Waals surface area contributed by atoms with E-state index in [4.69, 9.17) is 14.2 Å².